The van der Waals surface area contributed by atoms with Crippen molar-refractivity contribution in [3.63, 3.8) is 0 Å². The predicted molar refractivity (Wildman–Crippen MR) is 75.6 cm³/mol. The first-order valence-electron chi connectivity index (χ1n) is 5.89. The van der Waals surface area contributed by atoms with Crippen LogP contribution < -0.4 is 5.32 Å². The van der Waals surface area contributed by atoms with E-state index in [4.69, 9.17) is 0 Å². The number of hydrogen-bond acceptors (Lipinski definition) is 2. The van der Waals surface area contributed by atoms with E-state index in [1.807, 2.05) is 36.4 Å². The van der Waals surface area contributed by atoms with Crippen molar-refractivity contribution >= 4 is 23.5 Å². The number of hydrogen-bond donors (Lipinski definition) is 1. The first-order chi connectivity index (χ1) is 9.25. The highest BCUT2D eigenvalue weighted by Crippen LogP contribution is 2.05. The maximum absolute atomic E-state index is 11.6. The van der Waals surface area contributed by atoms with Gasteiger partial charge >= 0.3 is 0 Å². The Balaban J connectivity index is 1.97. The minimum atomic E-state index is -0.640. The molecule has 0 bridgehead atoms. The molecule has 94 valence electrons. The van der Waals surface area contributed by atoms with Crippen molar-refractivity contribution in [2.45, 2.75) is 0 Å². The van der Waals surface area contributed by atoms with E-state index in [1.165, 1.54) is 6.08 Å². The van der Waals surface area contributed by atoms with Gasteiger partial charge in [-0.05, 0) is 23.8 Å². The number of ketones is 1. The summed E-state index contributed by atoms with van der Waals surface area (Å²) in [5.41, 5.74) is 1.48. The van der Waals surface area contributed by atoms with Crippen molar-refractivity contribution in [1.82, 2.24) is 0 Å². The van der Waals surface area contributed by atoms with E-state index >= 15 is 0 Å². The average molecular weight is 251 g/mol. The Morgan fingerprint density at radius 1 is 0.842 bits per heavy atom. The Labute approximate surface area is 111 Å². The molecule has 0 saturated heterocycles. The number of carbonyl (C=O) groups excluding carboxylic acids is 2. The quantitative estimate of drug-likeness (QED) is 0.670. The smallest absolute Gasteiger partial charge is 0.296 e. The summed E-state index contributed by atoms with van der Waals surface area (Å²) >= 11 is 0. The summed E-state index contributed by atoms with van der Waals surface area (Å²) in [6.45, 7) is 0. The predicted octanol–water partition coefficient (Wildman–Crippen LogP) is 2.91. The molecule has 0 fully saturated rings. The molecule has 3 nitrogen and oxygen atoms in total. The second-order valence-electron chi connectivity index (χ2n) is 3.93. The molecule has 3 heteroatoms. The highest BCUT2D eigenvalue weighted by atomic mass is 16.2. The van der Waals surface area contributed by atoms with Gasteiger partial charge in [-0.25, -0.2) is 0 Å². The monoisotopic (exact) mass is 251 g/mol. The molecule has 0 radical (unpaired) electrons. The van der Waals surface area contributed by atoms with E-state index in [2.05, 4.69) is 5.32 Å². The number of nitrogens with one attached hydrogen (secondary N) is 1. The second-order valence-corrected chi connectivity index (χ2v) is 3.93. The van der Waals surface area contributed by atoms with E-state index < -0.39 is 11.7 Å². The van der Waals surface area contributed by atoms with Crippen LogP contribution in [0, 0.1) is 0 Å². The molecule has 0 aliphatic rings. The first kappa shape index (κ1) is 12.8. The maximum atomic E-state index is 11.6. The summed E-state index contributed by atoms with van der Waals surface area (Å²) < 4.78 is 0. The summed E-state index contributed by atoms with van der Waals surface area (Å²) in [5, 5.41) is 2.54. The van der Waals surface area contributed by atoms with Crippen LogP contribution in [0.4, 0.5) is 5.69 Å². The molecule has 0 aliphatic carbocycles. The highest BCUT2D eigenvalue weighted by molar-refractivity contribution is 6.45. The molecule has 2 aromatic carbocycles. The minimum absolute atomic E-state index is 0.576. The van der Waals surface area contributed by atoms with Crippen LogP contribution in [-0.2, 0) is 9.59 Å². The molecule has 1 N–H and O–H groups in total. The van der Waals surface area contributed by atoms with Crippen LogP contribution in [-0.4, -0.2) is 11.7 Å². The lowest BCUT2D eigenvalue weighted by Crippen LogP contribution is -2.20. The van der Waals surface area contributed by atoms with Crippen LogP contribution in [0.15, 0.2) is 66.7 Å². The topological polar surface area (TPSA) is 46.2 Å². The second kappa shape index (κ2) is 6.31. The van der Waals surface area contributed by atoms with Gasteiger partial charge in [-0.3, -0.25) is 9.59 Å². The lowest BCUT2D eigenvalue weighted by Gasteiger charge is -2.01. The third-order valence-corrected chi connectivity index (χ3v) is 2.48. The van der Waals surface area contributed by atoms with Gasteiger partial charge in [0.1, 0.15) is 0 Å². The Morgan fingerprint density at radius 2 is 1.42 bits per heavy atom. The largest absolute Gasteiger partial charge is 0.319 e. The van der Waals surface area contributed by atoms with Gasteiger partial charge in [0, 0.05) is 5.69 Å². The van der Waals surface area contributed by atoms with Crippen LogP contribution >= 0.6 is 0 Å². The van der Waals surface area contributed by atoms with Gasteiger partial charge in [-0.1, -0.05) is 54.6 Å². The molecule has 1 amide bonds. The number of anilines is 1. The molecule has 0 atom stereocenters. The molecule has 0 aromatic heterocycles. The fourth-order valence-electron chi connectivity index (χ4n) is 1.53. The van der Waals surface area contributed by atoms with Crippen molar-refractivity contribution in [3.05, 3.63) is 72.3 Å². The Kier molecular flexibility index (Phi) is 4.24. The van der Waals surface area contributed by atoms with Crippen LogP contribution in [0.2, 0.25) is 0 Å². The summed E-state index contributed by atoms with van der Waals surface area (Å²) in [6, 6.07) is 18.2. The molecule has 0 heterocycles. The first-order valence-corrected chi connectivity index (χ1v) is 5.89. The van der Waals surface area contributed by atoms with Gasteiger partial charge in [-0.2, -0.15) is 0 Å². The van der Waals surface area contributed by atoms with E-state index in [-0.39, 0.29) is 0 Å². The zero-order chi connectivity index (χ0) is 13.5. The SMILES string of the molecule is O=C(/C=C/c1ccccc1)C(=O)Nc1ccccc1. The molecular weight excluding hydrogens is 238 g/mol. The Morgan fingerprint density at radius 3 is 2.05 bits per heavy atom. The van der Waals surface area contributed by atoms with Crippen LogP contribution in [0.3, 0.4) is 0 Å². The van der Waals surface area contributed by atoms with Crippen molar-refractivity contribution in [2.75, 3.05) is 5.32 Å². The van der Waals surface area contributed by atoms with Gasteiger partial charge in [0.05, 0.1) is 0 Å². The maximum Gasteiger partial charge on any atom is 0.296 e. The van der Waals surface area contributed by atoms with Crippen LogP contribution in [0.1, 0.15) is 5.56 Å². The Hall–Kier alpha value is -2.68. The number of amides is 1. The van der Waals surface area contributed by atoms with Crippen molar-refractivity contribution in [1.29, 1.82) is 0 Å². The molecule has 19 heavy (non-hydrogen) atoms. The van der Waals surface area contributed by atoms with Crippen LogP contribution in [0.5, 0.6) is 0 Å². The number of para-hydroxylation sites is 1. The van der Waals surface area contributed by atoms with Gasteiger partial charge in [0.25, 0.3) is 5.91 Å². The zero-order valence-corrected chi connectivity index (χ0v) is 10.2. The van der Waals surface area contributed by atoms with Crippen molar-refractivity contribution in [2.24, 2.45) is 0 Å². The fraction of sp³-hybridized carbons (Fsp3) is 0. The lowest BCUT2D eigenvalue weighted by molar-refractivity contribution is -0.131. The summed E-state index contributed by atoms with van der Waals surface area (Å²) in [5.74, 6) is -1.22. The molecule has 0 spiro atoms. The summed E-state index contributed by atoms with van der Waals surface area (Å²) in [7, 11) is 0. The third kappa shape index (κ3) is 3.92. The molecule has 2 rings (SSSR count). The third-order valence-electron chi connectivity index (χ3n) is 2.48. The number of rotatable bonds is 4. The number of carbonyl (C=O) groups is 2. The summed E-state index contributed by atoms with van der Waals surface area (Å²) in [4.78, 5) is 23.2. The molecule has 0 aliphatic heterocycles. The molecule has 0 saturated carbocycles. The normalized spacial score (nSPS) is 10.3. The lowest BCUT2D eigenvalue weighted by atomic mass is 10.2. The fourth-order valence-corrected chi connectivity index (χ4v) is 1.53. The summed E-state index contributed by atoms with van der Waals surface area (Å²) in [6.07, 6.45) is 2.89. The van der Waals surface area contributed by atoms with Crippen LogP contribution in [0.25, 0.3) is 6.08 Å². The van der Waals surface area contributed by atoms with Gasteiger partial charge in [-0.15, -0.1) is 0 Å². The van der Waals surface area contributed by atoms with E-state index in [0.29, 0.717) is 5.69 Å². The molecular formula is C16H13NO2. The minimum Gasteiger partial charge on any atom is -0.319 e. The molecule has 2 aromatic rings. The average Bonchev–Trinajstić information content (AvgIpc) is 2.47. The van der Waals surface area contributed by atoms with E-state index in [1.54, 1.807) is 30.3 Å². The van der Waals surface area contributed by atoms with E-state index in [0.717, 1.165) is 5.56 Å². The highest BCUT2D eigenvalue weighted by Gasteiger charge is 2.09. The number of benzene rings is 2. The van der Waals surface area contributed by atoms with Crippen molar-refractivity contribution < 1.29 is 9.59 Å². The van der Waals surface area contributed by atoms with Gasteiger partial charge < -0.3 is 5.32 Å². The van der Waals surface area contributed by atoms with Gasteiger partial charge in [0.2, 0.25) is 5.78 Å². The Bertz CT molecular complexity index is 589. The standard InChI is InChI=1S/C16H13NO2/c18-15(12-11-13-7-3-1-4-8-13)16(19)17-14-9-5-2-6-10-14/h1-12H,(H,17,19)/b12-11+. The van der Waals surface area contributed by atoms with E-state index in [9.17, 15) is 9.59 Å². The zero-order valence-electron chi connectivity index (χ0n) is 10.2. The van der Waals surface area contributed by atoms with Crippen molar-refractivity contribution in [3.8, 4) is 0 Å². The van der Waals surface area contributed by atoms with Gasteiger partial charge in [0.15, 0.2) is 0 Å². The molecule has 0 unspecified atom stereocenters.